The van der Waals surface area contributed by atoms with Crippen LogP contribution in [0.3, 0.4) is 0 Å². The summed E-state index contributed by atoms with van der Waals surface area (Å²) in [7, 11) is -3.78. The number of aliphatic hydroxyl groups is 1. The number of hydrogen-bond acceptors (Lipinski definition) is 7. The molecule has 9 nitrogen and oxygen atoms in total. The van der Waals surface area contributed by atoms with Crippen LogP contribution in [0.2, 0.25) is 0 Å². The molecule has 2 heterocycles. The SMILES string of the molecule is CS(=O)(=O)O[C@H]1[C@H](O)[C@H]2CO[C@H](O2)[C@@H]1N=[N+]=[N-]. The fraction of sp³-hybridized carbons (Fsp3) is 1.00. The molecular formula is C7H11N3O6S. The summed E-state index contributed by atoms with van der Waals surface area (Å²) in [5, 5.41) is 13.2. The largest absolute Gasteiger partial charge is 0.388 e. The molecule has 0 saturated carbocycles. The predicted octanol–water partition coefficient (Wildman–Crippen LogP) is -0.874. The lowest BCUT2D eigenvalue weighted by Gasteiger charge is -2.35. The lowest BCUT2D eigenvalue weighted by Crippen LogP contribution is -2.54. The molecule has 17 heavy (non-hydrogen) atoms. The topological polar surface area (TPSA) is 131 Å². The number of aliphatic hydroxyl groups excluding tert-OH is 1. The Morgan fingerprint density at radius 1 is 1.59 bits per heavy atom. The van der Waals surface area contributed by atoms with Gasteiger partial charge in [-0.3, -0.25) is 4.18 Å². The van der Waals surface area contributed by atoms with Gasteiger partial charge in [0.05, 0.1) is 12.9 Å². The molecule has 96 valence electrons. The van der Waals surface area contributed by atoms with Crippen molar-refractivity contribution in [2.45, 2.75) is 30.6 Å². The molecule has 0 aliphatic carbocycles. The summed E-state index contributed by atoms with van der Waals surface area (Å²) in [5.41, 5.74) is 8.41. The molecule has 1 N–H and O–H groups in total. The minimum absolute atomic E-state index is 0.104. The summed E-state index contributed by atoms with van der Waals surface area (Å²) in [6, 6.07) is -1.04. The molecule has 2 saturated heterocycles. The molecule has 0 aromatic heterocycles. The Labute approximate surface area is 97.0 Å². The maximum absolute atomic E-state index is 11.1. The van der Waals surface area contributed by atoms with E-state index in [4.69, 9.17) is 19.2 Å². The quantitative estimate of drug-likeness (QED) is 0.305. The normalized spacial score (nSPS) is 40.9. The van der Waals surface area contributed by atoms with Gasteiger partial charge in [-0.2, -0.15) is 8.42 Å². The zero-order valence-electron chi connectivity index (χ0n) is 8.83. The number of hydrogen-bond donors (Lipinski definition) is 1. The third-order valence-corrected chi connectivity index (χ3v) is 3.11. The maximum atomic E-state index is 11.1. The molecule has 0 radical (unpaired) electrons. The van der Waals surface area contributed by atoms with E-state index >= 15 is 0 Å². The fourth-order valence-corrected chi connectivity index (χ4v) is 2.49. The standard InChI is InChI=1S/C7H11N3O6S/c1-17(12,13)16-6-4(9-10-8)7-14-2-3(15-7)5(6)11/h3-7,11H,2H2,1H3/t3-,4-,5-,6-,7-/m1/s1. The summed E-state index contributed by atoms with van der Waals surface area (Å²) in [5.74, 6) is 0. The monoisotopic (exact) mass is 265 g/mol. The number of fused-ring (bicyclic) bond motifs is 2. The van der Waals surface area contributed by atoms with Crippen molar-refractivity contribution in [1.29, 1.82) is 0 Å². The lowest BCUT2D eigenvalue weighted by atomic mass is 10.00. The third-order valence-electron chi connectivity index (χ3n) is 2.54. The van der Waals surface area contributed by atoms with Gasteiger partial charge in [0.2, 0.25) is 0 Å². The minimum Gasteiger partial charge on any atom is -0.388 e. The van der Waals surface area contributed by atoms with Crippen LogP contribution in [0.4, 0.5) is 0 Å². The molecule has 10 heteroatoms. The van der Waals surface area contributed by atoms with Crippen molar-refractivity contribution in [2.24, 2.45) is 5.11 Å². The van der Waals surface area contributed by atoms with Crippen molar-refractivity contribution >= 4 is 10.1 Å². The van der Waals surface area contributed by atoms with Crippen LogP contribution in [0, 0.1) is 0 Å². The van der Waals surface area contributed by atoms with Crippen LogP contribution < -0.4 is 0 Å². The van der Waals surface area contributed by atoms with E-state index in [1.165, 1.54) is 0 Å². The molecule has 2 aliphatic heterocycles. The summed E-state index contributed by atoms with van der Waals surface area (Å²) >= 11 is 0. The van der Waals surface area contributed by atoms with Crippen molar-refractivity contribution in [1.82, 2.24) is 0 Å². The van der Waals surface area contributed by atoms with Gasteiger partial charge in [0.1, 0.15) is 24.4 Å². The molecule has 5 atom stereocenters. The smallest absolute Gasteiger partial charge is 0.264 e. The predicted molar refractivity (Wildman–Crippen MR) is 53.3 cm³/mol. The van der Waals surface area contributed by atoms with Crippen LogP contribution in [-0.2, 0) is 23.8 Å². The van der Waals surface area contributed by atoms with Gasteiger partial charge in [0.25, 0.3) is 10.1 Å². The Balaban J connectivity index is 2.28. The maximum Gasteiger partial charge on any atom is 0.264 e. The van der Waals surface area contributed by atoms with Crippen molar-refractivity contribution in [3.05, 3.63) is 10.4 Å². The average molecular weight is 265 g/mol. The number of azide groups is 1. The zero-order chi connectivity index (χ0) is 12.6. The highest BCUT2D eigenvalue weighted by Gasteiger charge is 2.51. The third kappa shape index (κ3) is 2.51. The first-order valence-corrected chi connectivity index (χ1v) is 6.61. The van der Waals surface area contributed by atoms with Crippen LogP contribution in [0.25, 0.3) is 10.4 Å². The highest BCUT2D eigenvalue weighted by Crippen LogP contribution is 2.32. The molecule has 0 aromatic carbocycles. The first-order valence-electron chi connectivity index (χ1n) is 4.80. The summed E-state index contributed by atoms with van der Waals surface area (Å²) in [6.45, 7) is 0.104. The van der Waals surface area contributed by atoms with Crippen LogP contribution in [0.15, 0.2) is 5.11 Å². The van der Waals surface area contributed by atoms with Gasteiger partial charge in [-0.05, 0) is 5.53 Å². The van der Waals surface area contributed by atoms with Crippen molar-refractivity contribution in [3.63, 3.8) is 0 Å². The van der Waals surface area contributed by atoms with E-state index in [1.54, 1.807) is 0 Å². The summed E-state index contributed by atoms with van der Waals surface area (Å²) in [4.78, 5) is 2.57. The van der Waals surface area contributed by atoms with Gasteiger partial charge < -0.3 is 14.6 Å². The Morgan fingerprint density at radius 2 is 2.29 bits per heavy atom. The van der Waals surface area contributed by atoms with Crippen molar-refractivity contribution in [3.8, 4) is 0 Å². The zero-order valence-corrected chi connectivity index (χ0v) is 9.65. The number of rotatable bonds is 3. The van der Waals surface area contributed by atoms with Crippen LogP contribution in [0.5, 0.6) is 0 Å². The molecule has 2 fully saturated rings. The second-order valence-corrected chi connectivity index (χ2v) is 5.43. The number of ether oxygens (including phenoxy) is 2. The van der Waals surface area contributed by atoms with E-state index in [0.717, 1.165) is 6.26 Å². The van der Waals surface area contributed by atoms with E-state index in [0.29, 0.717) is 0 Å². The molecule has 0 unspecified atom stereocenters. The molecule has 2 bridgehead atoms. The van der Waals surface area contributed by atoms with Gasteiger partial charge in [-0.15, -0.1) is 0 Å². The van der Waals surface area contributed by atoms with Crippen molar-refractivity contribution < 1.29 is 27.2 Å². The Hall–Kier alpha value is -0.900. The Kier molecular flexibility index (Phi) is 3.25. The summed E-state index contributed by atoms with van der Waals surface area (Å²) in [6.07, 6.45) is -3.11. The molecule has 0 aromatic rings. The first kappa shape index (κ1) is 12.6. The molecule has 0 amide bonds. The molecule has 2 aliphatic rings. The first-order chi connectivity index (χ1) is 7.92. The van der Waals surface area contributed by atoms with Gasteiger partial charge in [0, 0.05) is 4.91 Å². The van der Waals surface area contributed by atoms with E-state index in [9.17, 15) is 13.5 Å². The van der Waals surface area contributed by atoms with Gasteiger partial charge in [-0.25, -0.2) is 0 Å². The van der Waals surface area contributed by atoms with Crippen LogP contribution >= 0.6 is 0 Å². The van der Waals surface area contributed by atoms with E-state index < -0.39 is 40.8 Å². The Bertz CT molecular complexity index is 447. The number of nitrogens with zero attached hydrogens (tertiary/aromatic N) is 3. The van der Waals surface area contributed by atoms with Gasteiger partial charge in [0.15, 0.2) is 6.29 Å². The Morgan fingerprint density at radius 3 is 2.88 bits per heavy atom. The fourth-order valence-electron chi connectivity index (χ4n) is 1.86. The molecule has 0 spiro atoms. The van der Waals surface area contributed by atoms with E-state index in [1.807, 2.05) is 0 Å². The second-order valence-electron chi connectivity index (χ2n) is 3.83. The summed E-state index contributed by atoms with van der Waals surface area (Å²) < 4.78 is 37.2. The van der Waals surface area contributed by atoms with Gasteiger partial charge in [-0.1, -0.05) is 5.11 Å². The highest BCUT2D eigenvalue weighted by molar-refractivity contribution is 7.86. The van der Waals surface area contributed by atoms with Crippen LogP contribution in [0.1, 0.15) is 0 Å². The second kappa shape index (κ2) is 4.41. The minimum atomic E-state index is -3.78. The molecule has 2 rings (SSSR count). The van der Waals surface area contributed by atoms with E-state index in [-0.39, 0.29) is 6.61 Å². The molecular weight excluding hydrogens is 254 g/mol. The average Bonchev–Trinajstić information content (AvgIpc) is 2.65. The highest BCUT2D eigenvalue weighted by atomic mass is 32.2. The lowest BCUT2D eigenvalue weighted by molar-refractivity contribution is -0.170. The van der Waals surface area contributed by atoms with Gasteiger partial charge >= 0.3 is 0 Å². The van der Waals surface area contributed by atoms with Crippen LogP contribution in [-0.4, -0.2) is 57.0 Å². The van der Waals surface area contributed by atoms with E-state index in [2.05, 4.69) is 10.0 Å². The van der Waals surface area contributed by atoms with Crippen molar-refractivity contribution in [2.75, 3.05) is 12.9 Å².